The van der Waals surface area contributed by atoms with Crippen molar-refractivity contribution in [2.75, 3.05) is 31.7 Å². The van der Waals surface area contributed by atoms with Crippen molar-refractivity contribution in [2.24, 2.45) is 5.92 Å². The van der Waals surface area contributed by atoms with Crippen LogP contribution in [0.4, 0.5) is 5.82 Å². The second-order valence-corrected chi connectivity index (χ2v) is 5.66. The first-order chi connectivity index (χ1) is 10.3. The lowest BCUT2D eigenvalue weighted by molar-refractivity contribution is 0.244. The summed E-state index contributed by atoms with van der Waals surface area (Å²) in [6.07, 6.45) is 5.10. The predicted molar refractivity (Wildman–Crippen MR) is 84.9 cm³/mol. The fraction of sp³-hybridized carbons (Fsp3) is 0.471. The molecule has 1 saturated heterocycles. The molecule has 0 saturated carbocycles. The molecule has 0 bridgehead atoms. The zero-order chi connectivity index (χ0) is 14.7. The highest BCUT2D eigenvalue weighted by molar-refractivity contribution is 5.96. The van der Waals surface area contributed by atoms with E-state index in [9.17, 15) is 0 Å². The number of aliphatic hydroxyl groups excluding tert-OH is 1. The van der Waals surface area contributed by atoms with E-state index in [4.69, 9.17) is 9.84 Å². The number of aromatic nitrogens is 1. The molecule has 4 nitrogen and oxygen atoms in total. The number of fused-ring (bicyclic) bond motifs is 1. The number of aliphatic hydroxyl groups is 1. The van der Waals surface area contributed by atoms with Gasteiger partial charge in [0.2, 0.25) is 0 Å². The van der Waals surface area contributed by atoms with Crippen LogP contribution in [0.15, 0.2) is 30.5 Å². The summed E-state index contributed by atoms with van der Waals surface area (Å²) < 4.78 is 5.45. The molecular weight excluding hydrogens is 264 g/mol. The normalized spacial score (nSPS) is 19.0. The van der Waals surface area contributed by atoms with E-state index in [2.05, 4.69) is 16.0 Å². The molecule has 1 fully saturated rings. The maximum atomic E-state index is 9.16. The summed E-state index contributed by atoms with van der Waals surface area (Å²) in [5, 5.41) is 11.4. The molecule has 2 aromatic rings. The quantitative estimate of drug-likeness (QED) is 0.938. The smallest absolute Gasteiger partial charge is 0.136 e. The van der Waals surface area contributed by atoms with Gasteiger partial charge in [-0.1, -0.05) is 12.1 Å². The molecule has 21 heavy (non-hydrogen) atoms. The van der Waals surface area contributed by atoms with Gasteiger partial charge < -0.3 is 14.7 Å². The van der Waals surface area contributed by atoms with Gasteiger partial charge in [-0.05, 0) is 37.3 Å². The number of piperidine rings is 1. The van der Waals surface area contributed by atoms with Gasteiger partial charge in [0.25, 0.3) is 0 Å². The fourth-order valence-electron chi connectivity index (χ4n) is 3.27. The van der Waals surface area contributed by atoms with Crippen LogP contribution >= 0.6 is 0 Å². The Balaban J connectivity index is 1.96. The van der Waals surface area contributed by atoms with Crippen LogP contribution in [0.2, 0.25) is 0 Å². The topological polar surface area (TPSA) is 45.6 Å². The zero-order valence-electron chi connectivity index (χ0n) is 12.5. The van der Waals surface area contributed by atoms with E-state index in [1.54, 1.807) is 7.11 Å². The van der Waals surface area contributed by atoms with E-state index in [0.29, 0.717) is 5.92 Å². The number of pyridine rings is 1. The van der Waals surface area contributed by atoms with Crippen molar-refractivity contribution >= 4 is 16.6 Å². The van der Waals surface area contributed by atoms with E-state index >= 15 is 0 Å². The number of nitrogens with zero attached hydrogens (tertiary/aromatic N) is 2. The van der Waals surface area contributed by atoms with Gasteiger partial charge in [0.05, 0.1) is 7.11 Å². The molecule has 2 heterocycles. The number of ether oxygens (including phenoxy) is 1. The SMILES string of the molecule is COc1cccc2c(N3CCCC(CCO)C3)nccc12. The van der Waals surface area contributed by atoms with Crippen LogP contribution in [0.1, 0.15) is 19.3 Å². The Morgan fingerprint density at radius 3 is 3.05 bits per heavy atom. The number of hydrogen-bond donors (Lipinski definition) is 1. The lowest BCUT2D eigenvalue weighted by Crippen LogP contribution is -2.36. The van der Waals surface area contributed by atoms with Crippen molar-refractivity contribution < 1.29 is 9.84 Å². The first kappa shape index (κ1) is 14.1. The van der Waals surface area contributed by atoms with E-state index in [0.717, 1.165) is 48.3 Å². The molecule has 0 radical (unpaired) electrons. The van der Waals surface area contributed by atoms with Gasteiger partial charge >= 0.3 is 0 Å². The minimum Gasteiger partial charge on any atom is -0.496 e. The highest BCUT2D eigenvalue weighted by Gasteiger charge is 2.22. The number of benzene rings is 1. The Kier molecular flexibility index (Phi) is 4.25. The summed E-state index contributed by atoms with van der Waals surface area (Å²) in [4.78, 5) is 6.96. The molecule has 4 heteroatoms. The monoisotopic (exact) mass is 286 g/mol. The van der Waals surface area contributed by atoms with Crippen LogP contribution in [-0.4, -0.2) is 36.9 Å². The number of anilines is 1. The molecule has 0 aliphatic carbocycles. The highest BCUT2D eigenvalue weighted by atomic mass is 16.5. The molecule has 1 aromatic carbocycles. The Morgan fingerprint density at radius 2 is 2.24 bits per heavy atom. The third kappa shape index (κ3) is 2.81. The summed E-state index contributed by atoms with van der Waals surface area (Å²) in [7, 11) is 1.70. The lowest BCUT2D eigenvalue weighted by Gasteiger charge is -2.34. The number of rotatable bonds is 4. The van der Waals surface area contributed by atoms with Crippen LogP contribution in [0.25, 0.3) is 10.8 Å². The van der Waals surface area contributed by atoms with Gasteiger partial charge in [0, 0.05) is 36.7 Å². The summed E-state index contributed by atoms with van der Waals surface area (Å²) in [5.41, 5.74) is 0. The molecule has 1 unspecified atom stereocenters. The van der Waals surface area contributed by atoms with E-state index in [1.165, 1.54) is 6.42 Å². The zero-order valence-corrected chi connectivity index (χ0v) is 12.5. The van der Waals surface area contributed by atoms with Gasteiger partial charge in [-0.25, -0.2) is 4.98 Å². The maximum absolute atomic E-state index is 9.16. The van der Waals surface area contributed by atoms with Gasteiger partial charge in [-0.15, -0.1) is 0 Å². The van der Waals surface area contributed by atoms with Gasteiger partial charge in [-0.3, -0.25) is 0 Å². The molecule has 0 spiro atoms. The predicted octanol–water partition coefficient (Wildman–Crippen LogP) is 2.84. The van der Waals surface area contributed by atoms with Crippen LogP contribution in [0.5, 0.6) is 5.75 Å². The van der Waals surface area contributed by atoms with Crippen molar-refractivity contribution in [2.45, 2.75) is 19.3 Å². The maximum Gasteiger partial charge on any atom is 0.136 e. The van der Waals surface area contributed by atoms with Crippen LogP contribution in [0.3, 0.4) is 0 Å². The Hall–Kier alpha value is -1.81. The molecular formula is C17H22N2O2. The summed E-state index contributed by atoms with van der Waals surface area (Å²) in [6.45, 7) is 2.28. The molecule has 1 atom stereocenters. The third-order valence-electron chi connectivity index (χ3n) is 4.32. The summed E-state index contributed by atoms with van der Waals surface area (Å²) in [5.74, 6) is 2.49. The molecule has 0 amide bonds. The van der Waals surface area contributed by atoms with Gasteiger partial charge in [0.1, 0.15) is 11.6 Å². The standard InChI is InChI=1S/C17H22N2O2/c1-21-16-6-2-5-15-14(16)7-9-18-17(15)19-10-3-4-13(12-19)8-11-20/h2,5-7,9,13,20H,3-4,8,10-12H2,1H3. The number of methoxy groups -OCH3 is 1. The van der Waals surface area contributed by atoms with Crippen molar-refractivity contribution in [1.82, 2.24) is 4.98 Å². The van der Waals surface area contributed by atoms with E-state index in [-0.39, 0.29) is 6.61 Å². The van der Waals surface area contributed by atoms with Crippen molar-refractivity contribution in [3.05, 3.63) is 30.5 Å². The Bertz CT molecular complexity index is 613. The minimum absolute atomic E-state index is 0.273. The lowest BCUT2D eigenvalue weighted by atomic mass is 9.95. The third-order valence-corrected chi connectivity index (χ3v) is 4.32. The minimum atomic E-state index is 0.273. The second-order valence-electron chi connectivity index (χ2n) is 5.66. The summed E-state index contributed by atoms with van der Waals surface area (Å²) in [6, 6.07) is 8.11. The Morgan fingerprint density at radius 1 is 1.33 bits per heavy atom. The van der Waals surface area contributed by atoms with Crippen LogP contribution in [0, 0.1) is 5.92 Å². The first-order valence-electron chi connectivity index (χ1n) is 7.61. The summed E-state index contributed by atoms with van der Waals surface area (Å²) >= 11 is 0. The van der Waals surface area contributed by atoms with E-state index < -0.39 is 0 Å². The van der Waals surface area contributed by atoms with Gasteiger partial charge in [0.15, 0.2) is 0 Å². The van der Waals surface area contributed by atoms with Crippen molar-refractivity contribution in [1.29, 1.82) is 0 Å². The van der Waals surface area contributed by atoms with Gasteiger partial charge in [-0.2, -0.15) is 0 Å². The number of hydrogen-bond acceptors (Lipinski definition) is 4. The average molecular weight is 286 g/mol. The van der Waals surface area contributed by atoms with Crippen LogP contribution < -0.4 is 9.64 Å². The first-order valence-corrected chi connectivity index (χ1v) is 7.61. The Labute approximate surface area is 125 Å². The molecule has 1 aliphatic rings. The largest absolute Gasteiger partial charge is 0.496 e. The van der Waals surface area contributed by atoms with Crippen molar-refractivity contribution in [3.63, 3.8) is 0 Å². The molecule has 1 aliphatic heterocycles. The molecule has 3 rings (SSSR count). The highest BCUT2D eigenvalue weighted by Crippen LogP contribution is 2.33. The van der Waals surface area contributed by atoms with Crippen LogP contribution in [-0.2, 0) is 0 Å². The van der Waals surface area contributed by atoms with Crippen molar-refractivity contribution in [3.8, 4) is 5.75 Å². The average Bonchev–Trinajstić information content (AvgIpc) is 2.54. The molecule has 1 aromatic heterocycles. The second kappa shape index (κ2) is 6.31. The molecule has 1 N–H and O–H groups in total. The fourth-order valence-corrected chi connectivity index (χ4v) is 3.27. The molecule has 112 valence electrons. The van der Waals surface area contributed by atoms with E-state index in [1.807, 2.05) is 24.4 Å².